The van der Waals surface area contributed by atoms with Crippen molar-refractivity contribution in [3.63, 3.8) is 0 Å². The van der Waals surface area contributed by atoms with Crippen molar-refractivity contribution >= 4 is 17.5 Å². The van der Waals surface area contributed by atoms with Crippen LogP contribution >= 0.6 is 0 Å². The number of nitrogens with zero attached hydrogens (tertiary/aromatic N) is 3. The molecule has 2 aromatic heterocycles. The Labute approximate surface area is 195 Å². The molecule has 1 aliphatic heterocycles. The van der Waals surface area contributed by atoms with E-state index in [0.717, 1.165) is 11.1 Å². The van der Waals surface area contributed by atoms with Crippen molar-refractivity contribution in [2.75, 3.05) is 4.90 Å². The Morgan fingerprint density at radius 3 is 2.56 bits per heavy atom. The minimum Gasteiger partial charge on any atom is -0.463 e. The van der Waals surface area contributed by atoms with E-state index in [1.807, 2.05) is 31.2 Å². The van der Waals surface area contributed by atoms with Gasteiger partial charge in [0.1, 0.15) is 22.7 Å². The topological polar surface area (TPSA) is 80.4 Å². The van der Waals surface area contributed by atoms with E-state index >= 15 is 0 Å². The van der Waals surface area contributed by atoms with E-state index in [9.17, 15) is 14.0 Å². The van der Waals surface area contributed by atoms with Gasteiger partial charge in [-0.1, -0.05) is 29.8 Å². The van der Waals surface area contributed by atoms with E-state index in [1.54, 1.807) is 48.2 Å². The summed E-state index contributed by atoms with van der Waals surface area (Å²) in [5, 5.41) is 7.46. The van der Waals surface area contributed by atoms with Gasteiger partial charge in [0.2, 0.25) is 5.91 Å². The number of amides is 2. The summed E-state index contributed by atoms with van der Waals surface area (Å²) in [6.07, 6.45) is 1.54. The normalized spacial score (nSPS) is 17.5. The van der Waals surface area contributed by atoms with E-state index in [0.29, 0.717) is 22.8 Å². The van der Waals surface area contributed by atoms with Gasteiger partial charge in [0.15, 0.2) is 5.76 Å². The van der Waals surface area contributed by atoms with E-state index in [2.05, 4.69) is 10.4 Å². The number of fused-ring (bicyclic) bond motifs is 1. The molecule has 0 spiro atoms. The maximum Gasteiger partial charge on any atom is 0.277 e. The molecule has 3 heterocycles. The molecule has 0 fully saturated rings. The smallest absolute Gasteiger partial charge is 0.277 e. The standard InChI is InChI=1S/C26H23FN4O3/c1-17-5-11-20(12-6-17)31-24(32)22-14-21(23-4-3-13-34-23)29-30(22)16-26(31,2)25(33)28-15-18-7-9-19(27)10-8-18/h3-14H,15-16H2,1-2H3,(H,28,33)/t26-/m0/s1. The maximum absolute atomic E-state index is 13.7. The largest absolute Gasteiger partial charge is 0.463 e. The monoisotopic (exact) mass is 458 g/mol. The molecule has 0 saturated heterocycles. The van der Waals surface area contributed by atoms with Gasteiger partial charge >= 0.3 is 0 Å². The van der Waals surface area contributed by atoms with Crippen LogP contribution in [0.5, 0.6) is 0 Å². The Morgan fingerprint density at radius 2 is 1.88 bits per heavy atom. The van der Waals surface area contributed by atoms with Crippen LogP contribution in [0.1, 0.15) is 28.5 Å². The van der Waals surface area contributed by atoms with E-state index in [4.69, 9.17) is 4.42 Å². The summed E-state index contributed by atoms with van der Waals surface area (Å²) < 4.78 is 20.2. The number of aromatic nitrogens is 2. The highest BCUT2D eigenvalue weighted by atomic mass is 19.1. The number of halogens is 1. The first-order valence-corrected chi connectivity index (χ1v) is 10.9. The minimum absolute atomic E-state index is 0.151. The molecule has 172 valence electrons. The van der Waals surface area contributed by atoms with Crippen LogP contribution in [0.2, 0.25) is 0 Å². The predicted molar refractivity (Wildman–Crippen MR) is 125 cm³/mol. The number of anilines is 1. The molecule has 8 heteroatoms. The molecule has 1 aliphatic rings. The zero-order valence-electron chi connectivity index (χ0n) is 18.8. The van der Waals surface area contributed by atoms with Crippen LogP contribution < -0.4 is 10.2 Å². The lowest BCUT2D eigenvalue weighted by Crippen LogP contribution is -2.64. The number of rotatable bonds is 5. The van der Waals surface area contributed by atoms with Gasteiger partial charge in [0.25, 0.3) is 5.91 Å². The molecule has 0 radical (unpaired) electrons. The maximum atomic E-state index is 13.7. The van der Waals surface area contributed by atoms with Gasteiger partial charge in [-0.05, 0) is 55.8 Å². The number of carbonyl (C=O) groups is 2. The molecule has 1 atom stereocenters. The first-order chi connectivity index (χ1) is 16.3. The molecule has 5 rings (SSSR count). The molecule has 2 amide bonds. The van der Waals surface area contributed by atoms with Gasteiger partial charge in [0, 0.05) is 18.3 Å². The Bertz CT molecular complexity index is 1340. The van der Waals surface area contributed by atoms with Crippen LogP contribution in [-0.2, 0) is 17.9 Å². The second-order valence-corrected chi connectivity index (χ2v) is 8.61. The highest BCUT2D eigenvalue weighted by Gasteiger charge is 2.48. The van der Waals surface area contributed by atoms with Crippen molar-refractivity contribution in [1.29, 1.82) is 0 Å². The molecule has 2 aromatic carbocycles. The first-order valence-electron chi connectivity index (χ1n) is 10.9. The fourth-order valence-electron chi connectivity index (χ4n) is 4.20. The fourth-order valence-corrected chi connectivity index (χ4v) is 4.20. The lowest BCUT2D eigenvalue weighted by molar-refractivity contribution is -0.126. The molecular weight excluding hydrogens is 435 g/mol. The van der Waals surface area contributed by atoms with Crippen LogP contribution in [0, 0.1) is 12.7 Å². The van der Waals surface area contributed by atoms with Gasteiger partial charge in [-0.25, -0.2) is 4.39 Å². The summed E-state index contributed by atoms with van der Waals surface area (Å²) in [5.74, 6) is -0.477. The zero-order chi connectivity index (χ0) is 23.9. The molecule has 4 aromatic rings. The van der Waals surface area contributed by atoms with Crippen LogP contribution in [0.3, 0.4) is 0 Å². The van der Waals surface area contributed by atoms with Crippen molar-refractivity contribution in [3.8, 4) is 11.5 Å². The van der Waals surface area contributed by atoms with Crippen LogP contribution in [0.4, 0.5) is 10.1 Å². The Morgan fingerprint density at radius 1 is 1.15 bits per heavy atom. The SMILES string of the molecule is Cc1ccc(N2C(=O)c3cc(-c4ccco4)nn3C[C@@]2(C)C(=O)NCc2ccc(F)cc2)cc1. The van der Waals surface area contributed by atoms with Crippen molar-refractivity contribution in [2.24, 2.45) is 0 Å². The summed E-state index contributed by atoms with van der Waals surface area (Å²) >= 11 is 0. The van der Waals surface area contributed by atoms with Crippen molar-refractivity contribution in [3.05, 3.63) is 95.6 Å². The average Bonchev–Trinajstić information content (AvgIpc) is 3.50. The van der Waals surface area contributed by atoms with Crippen molar-refractivity contribution in [1.82, 2.24) is 15.1 Å². The van der Waals surface area contributed by atoms with Crippen molar-refractivity contribution < 1.29 is 18.4 Å². The van der Waals surface area contributed by atoms with Gasteiger partial charge in [-0.3, -0.25) is 19.2 Å². The van der Waals surface area contributed by atoms with E-state index in [-0.39, 0.29) is 30.7 Å². The number of hydrogen-bond acceptors (Lipinski definition) is 4. The third kappa shape index (κ3) is 3.77. The summed E-state index contributed by atoms with van der Waals surface area (Å²) in [4.78, 5) is 28.8. The average molecular weight is 458 g/mol. The molecule has 34 heavy (non-hydrogen) atoms. The number of hydrogen-bond donors (Lipinski definition) is 1. The fraction of sp³-hybridized carbons (Fsp3) is 0.192. The van der Waals surface area contributed by atoms with Crippen molar-refractivity contribution in [2.45, 2.75) is 32.5 Å². The van der Waals surface area contributed by atoms with Gasteiger partial charge < -0.3 is 9.73 Å². The summed E-state index contributed by atoms with van der Waals surface area (Å²) in [6, 6.07) is 18.6. The second-order valence-electron chi connectivity index (χ2n) is 8.61. The number of benzene rings is 2. The van der Waals surface area contributed by atoms with E-state index < -0.39 is 5.54 Å². The lowest BCUT2D eigenvalue weighted by atomic mass is 9.93. The molecule has 0 unspecified atom stereocenters. The molecular formula is C26H23FN4O3. The lowest BCUT2D eigenvalue weighted by Gasteiger charge is -2.43. The van der Waals surface area contributed by atoms with E-state index in [1.165, 1.54) is 17.0 Å². The van der Waals surface area contributed by atoms with Crippen LogP contribution in [0.15, 0.2) is 77.4 Å². The summed E-state index contributed by atoms with van der Waals surface area (Å²) in [6.45, 7) is 4.04. The third-order valence-corrected chi connectivity index (χ3v) is 6.07. The van der Waals surface area contributed by atoms with Gasteiger partial charge in [-0.15, -0.1) is 0 Å². The first kappa shape index (κ1) is 21.6. The number of carbonyl (C=O) groups excluding carboxylic acids is 2. The zero-order valence-corrected chi connectivity index (χ0v) is 18.8. The third-order valence-electron chi connectivity index (χ3n) is 6.07. The molecule has 1 N–H and O–H groups in total. The number of nitrogens with one attached hydrogen (secondary N) is 1. The van der Waals surface area contributed by atoms with Gasteiger partial charge in [-0.2, -0.15) is 5.10 Å². The summed E-state index contributed by atoms with van der Waals surface area (Å²) in [5.41, 5.74) is 2.04. The predicted octanol–water partition coefficient (Wildman–Crippen LogP) is 4.33. The van der Waals surface area contributed by atoms with Gasteiger partial charge in [0.05, 0.1) is 12.8 Å². The number of furan rings is 1. The molecule has 0 aliphatic carbocycles. The Kier molecular flexibility index (Phi) is 5.28. The summed E-state index contributed by atoms with van der Waals surface area (Å²) in [7, 11) is 0. The quantitative estimate of drug-likeness (QED) is 0.483. The van der Waals surface area contributed by atoms with Crippen LogP contribution in [-0.4, -0.2) is 27.1 Å². The Hall–Kier alpha value is -4.20. The molecule has 0 bridgehead atoms. The minimum atomic E-state index is -1.26. The highest BCUT2D eigenvalue weighted by Crippen LogP contribution is 2.34. The second kappa shape index (κ2) is 8.30. The molecule has 0 saturated carbocycles. The van der Waals surface area contributed by atoms with Crippen LogP contribution in [0.25, 0.3) is 11.5 Å². The number of aryl methyl sites for hydroxylation is 1. The highest BCUT2D eigenvalue weighted by molar-refractivity contribution is 6.12. The Balaban J connectivity index is 1.52. The molecule has 7 nitrogen and oxygen atoms in total.